The maximum Gasteiger partial charge on any atom is 0.0474 e. The second kappa shape index (κ2) is 8.90. The van der Waals surface area contributed by atoms with E-state index in [0.29, 0.717) is 0 Å². The Morgan fingerprint density at radius 3 is 1.24 bits per heavy atom. The SMILES string of the molecule is Cc1cc(-c2cc3c4ccccc4sc3c3ccccc23)c(N)c(-c2cc3c4ccccc4sc3c3ccccc23)c1. The van der Waals surface area contributed by atoms with E-state index >= 15 is 0 Å². The molecule has 0 saturated heterocycles. The van der Waals surface area contributed by atoms with Crippen molar-refractivity contribution in [1.82, 2.24) is 0 Å². The predicted octanol–water partition coefficient (Wildman–Crippen LogP) is 12.0. The summed E-state index contributed by atoms with van der Waals surface area (Å²) in [7, 11) is 0. The van der Waals surface area contributed by atoms with Gasteiger partial charge in [-0.05, 0) is 70.8 Å². The number of anilines is 1. The molecule has 0 amide bonds. The van der Waals surface area contributed by atoms with Crippen molar-refractivity contribution in [2.75, 3.05) is 5.73 Å². The van der Waals surface area contributed by atoms with E-state index in [9.17, 15) is 0 Å². The monoisotopic (exact) mass is 571 g/mol. The first-order valence-electron chi connectivity index (χ1n) is 14.2. The van der Waals surface area contributed by atoms with Crippen LogP contribution >= 0.6 is 22.7 Å². The van der Waals surface area contributed by atoms with Crippen LogP contribution in [0.1, 0.15) is 5.56 Å². The highest BCUT2D eigenvalue weighted by Gasteiger charge is 2.19. The molecule has 2 aromatic heterocycles. The van der Waals surface area contributed by atoms with Crippen LogP contribution in [-0.2, 0) is 0 Å². The molecule has 198 valence electrons. The number of nitrogen functional groups attached to an aromatic ring is 1. The molecule has 0 saturated carbocycles. The lowest BCUT2D eigenvalue weighted by molar-refractivity contribution is 1.47. The van der Waals surface area contributed by atoms with Crippen LogP contribution in [0.5, 0.6) is 0 Å². The third-order valence-corrected chi connectivity index (χ3v) is 11.1. The van der Waals surface area contributed by atoms with Crippen molar-refractivity contribution in [2.24, 2.45) is 0 Å². The largest absolute Gasteiger partial charge is 0.398 e. The first-order valence-corrected chi connectivity index (χ1v) is 15.9. The summed E-state index contributed by atoms with van der Waals surface area (Å²) in [5.74, 6) is 0. The van der Waals surface area contributed by atoms with Crippen molar-refractivity contribution >= 4 is 90.3 Å². The van der Waals surface area contributed by atoms with Gasteiger partial charge in [-0.25, -0.2) is 0 Å². The molecule has 0 aliphatic rings. The van der Waals surface area contributed by atoms with Crippen molar-refractivity contribution in [3.8, 4) is 22.3 Å². The average molecular weight is 572 g/mol. The van der Waals surface area contributed by atoms with Gasteiger partial charge in [-0.3, -0.25) is 0 Å². The molecule has 0 aliphatic heterocycles. The Morgan fingerprint density at radius 2 is 0.786 bits per heavy atom. The Labute approximate surface area is 251 Å². The minimum absolute atomic E-state index is 0.827. The molecule has 9 aromatic rings. The number of hydrogen-bond acceptors (Lipinski definition) is 3. The number of rotatable bonds is 2. The molecule has 7 aromatic carbocycles. The highest BCUT2D eigenvalue weighted by Crippen LogP contribution is 2.48. The zero-order valence-electron chi connectivity index (χ0n) is 22.9. The van der Waals surface area contributed by atoms with Crippen molar-refractivity contribution in [3.05, 3.63) is 127 Å². The van der Waals surface area contributed by atoms with Crippen LogP contribution in [0, 0.1) is 6.92 Å². The van der Waals surface area contributed by atoms with Gasteiger partial charge in [0.1, 0.15) is 0 Å². The van der Waals surface area contributed by atoms with E-state index in [4.69, 9.17) is 5.73 Å². The van der Waals surface area contributed by atoms with E-state index in [1.54, 1.807) is 0 Å². The number of nitrogens with two attached hydrogens (primary N) is 1. The van der Waals surface area contributed by atoms with E-state index in [-0.39, 0.29) is 0 Å². The van der Waals surface area contributed by atoms with Crippen LogP contribution in [0.15, 0.2) is 121 Å². The van der Waals surface area contributed by atoms with E-state index in [0.717, 1.165) is 16.8 Å². The fourth-order valence-corrected chi connectivity index (χ4v) is 9.23. The van der Waals surface area contributed by atoms with Crippen molar-refractivity contribution in [3.63, 3.8) is 0 Å². The lowest BCUT2D eigenvalue weighted by atomic mass is 9.88. The summed E-state index contributed by atoms with van der Waals surface area (Å²) < 4.78 is 5.30. The highest BCUT2D eigenvalue weighted by atomic mass is 32.1. The zero-order chi connectivity index (χ0) is 27.9. The summed E-state index contributed by atoms with van der Waals surface area (Å²) in [6, 6.07) is 44.3. The lowest BCUT2D eigenvalue weighted by Gasteiger charge is -2.17. The van der Waals surface area contributed by atoms with Gasteiger partial charge in [0.05, 0.1) is 0 Å². The third kappa shape index (κ3) is 3.35. The molecule has 0 atom stereocenters. The Kier molecular flexibility index (Phi) is 5.07. The van der Waals surface area contributed by atoms with Crippen LogP contribution in [0.2, 0.25) is 0 Å². The summed E-state index contributed by atoms with van der Waals surface area (Å²) in [5, 5.41) is 10.2. The fourth-order valence-electron chi connectivity index (χ4n) is 6.78. The molecule has 3 heteroatoms. The summed E-state index contributed by atoms with van der Waals surface area (Å²) in [6.07, 6.45) is 0. The minimum atomic E-state index is 0.827. The summed E-state index contributed by atoms with van der Waals surface area (Å²) in [4.78, 5) is 0. The normalized spacial score (nSPS) is 12.0. The Balaban J connectivity index is 1.39. The van der Waals surface area contributed by atoms with E-state index in [1.807, 2.05) is 22.7 Å². The van der Waals surface area contributed by atoms with Gasteiger partial charge in [-0.1, -0.05) is 84.9 Å². The molecule has 42 heavy (non-hydrogen) atoms. The molecular weight excluding hydrogens is 547 g/mol. The Bertz CT molecular complexity index is 2370. The van der Waals surface area contributed by atoms with E-state index in [1.165, 1.54) is 78.6 Å². The van der Waals surface area contributed by atoms with Crippen LogP contribution in [0.4, 0.5) is 5.69 Å². The molecule has 0 unspecified atom stereocenters. The third-order valence-electron chi connectivity index (χ3n) is 8.67. The van der Waals surface area contributed by atoms with Gasteiger partial charge in [0, 0.05) is 67.9 Å². The van der Waals surface area contributed by atoms with Gasteiger partial charge in [-0.2, -0.15) is 0 Å². The maximum atomic E-state index is 7.27. The summed E-state index contributed by atoms with van der Waals surface area (Å²) in [6.45, 7) is 2.19. The van der Waals surface area contributed by atoms with Gasteiger partial charge < -0.3 is 5.73 Å². The van der Waals surface area contributed by atoms with Crippen LogP contribution < -0.4 is 5.73 Å². The maximum absolute atomic E-state index is 7.27. The number of thiophene rings is 2. The molecule has 0 spiro atoms. The second-order valence-corrected chi connectivity index (χ2v) is 13.3. The first-order chi connectivity index (χ1) is 20.7. The molecule has 2 heterocycles. The van der Waals surface area contributed by atoms with Crippen molar-refractivity contribution < 1.29 is 0 Å². The quantitative estimate of drug-likeness (QED) is 0.205. The lowest BCUT2D eigenvalue weighted by Crippen LogP contribution is -1.97. The molecule has 0 bridgehead atoms. The van der Waals surface area contributed by atoms with Gasteiger partial charge in [0.15, 0.2) is 0 Å². The minimum Gasteiger partial charge on any atom is -0.398 e. The average Bonchev–Trinajstić information content (AvgIpc) is 3.60. The fraction of sp³-hybridized carbons (Fsp3) is 0.0256. The summed E-state index contributed by atoms with van der Waals surface area (Å²) >= 11 is 3.75. The molecule has 9 rings (SSSR count). The predicted molar refractivity (Wildman–Crippen MR) is 187 cm³/mol. The van der Waals surface area contributed by atoms with Crippen molar-refractivity contribution in [2.45, 2.75) is 6.92 Å². The van der Waals surface area contributed by atoms with Crippen LogP contribution in [-0.4, -0.2) is 0 Å². The zero-order valence-corrected chi connectivity index (χ0v) is 24.6. The molecular formula is C39H25NS2. The molecule has 2 N–H and O–H groups in total. The van der Waals surface area contributed by atoms with Gasteiger partial charge in [0.25, 0.3) is 0 Å². The molecule has 0 aliphatic carbocycles. The topological polar surface area (TPSA) is 26.0 Å². The molecule has 1 nitrogen and oxygen atoms in total. The van der Waals surface area contributed by atoms with Crippen LogP contribution in [0.3, 0.4) is 0 Å². The number of benzene rings is 7. The second-order valence-electron chi connectivity index (χ2n) is 11.2. The number of aryl methyl sites for hydroxylation is 1. The van der Waals surface area contributed by atoms with Gasteiger partial charge in [0.2, 0.25) is 0 Å². The van der Waals surface area contributed by atoms with E-state index in [2.05, 4.69) is 128 Å². The Hall–Kier alpha value is -4.70. The summed E-state index contributed by atoms with van der Waals surface area (Å²) in [5.41, 5.74) is 13.9. The standard InChI is InChI=1S/C39H25NS2/c1-22-18-31(29-20-33-25-12-6-8-16-35(25)41-38(33)27-14-4-2-10-23(27)29)37(40)32(19-22)30-21-34-26-13-7-9-17-36(26)42-39(34)28-15-5-3-11-24(28)30/h2-21H,40H2,1H3. The first kappa shape index (κ1) is 24.0. The number of fused-ring (bicyclic) bond motifs is 10. The molecule has 0 radical (unpaired) electrons. The van der Waals surface area contributed by atoms with Gasteiger partial charge in [-0.15, -0.1) is 22.7 Å². The van der Waals surface area contributed by atoms with Crippen LogP contribution in [0.25, 0.3) is 84.1 Å². The van der Waals surface area contributed by atoms with Gasteiger partial charge >= 0.3 is 0 Å². The number of hydrogen-bond donors (Lipinski definition) is 1. The van der Waals surface area contributed by atoms with E-state index < -0.39 is 0 Å². The molecule has 0 fully saturated rings. The smallest absolute Gasteiger partial charge is 0.0474 e. The van der Waals surface area contributed by atoms with Crippen molar-refractivity contribution in [1.29, 1.82) is 0 Å². The highest BCUT2D eigenvalue weighted by molar-refractivity contribution is 7.27. The Morgan fingerprint density at radius 1 is 0.405 bits per heavy atom.